The number of sulfonamides is 1. The fraction of sp³-hybridized carbons (Fsp3) is 0.214. The van der Waals surface area contributed by atoms with Gasteiger partial charge in [0.15, 0.2) is 0 Å². The number of anilines is 2. The first-order valence-corrected chi connectivity index (χ1v) is 9.37. The highest BCUT2D eigenvalue weighted by atomic mass is 35.5. The van der Waals surface area contributed by atoms with Crippen molar-refractivity contribution in [1.82, 2.24) is 5.16 Å². The molecule has 0 spiro atoms. The van der Waals surface area contributed by atoms with Gasteiger partial charge in [0.25, 0.3) is 15.9 Å². The second-order valence-electron chi connectivity index (χ2n) is 5.16. The molecule has 3 aromatic rings. The van der Waals surface area contributed by atoms with Crippen molar-refractivity contribution in [3.8, 4) is 0 Å². The third kappa shape index (κ3) is 2.77. The molecule has 0 radical (unpaired) electrons. The predicted molar refractivity (Wildman–Crippen MR) is 93.2 cm³/mol. The number of thiophene rings is 1. The van der Waals surface area contributed by atoms with Crippen LogP contribution in [0.15, 0.2) is 33.0 Å². The van der Waals surface area contributed by atoms with Crippen LogP contribution < -0.4 is 9.62 Å². The standard InChI is InChI=1S/C14H14ClN3O3S2/c1-8-12(15)14(21-16-8)17-23(19,20)11-7-22-13-9(11)5-4-6-10(13)18(2)3/h4-7,17H,1-3H3. The van der Waals surface area contributed by atoms with Gasteiger partial charge in [0, 0.05) is 24.9 Å². The average molecular weight is 372 g/mol. The molecule has 0 aliphatic rings. The summed E-state index contributed by atoms with van der Waals surface area (Å²) in [5.41, 5.74) is 1.39. The van der Waals surface area contributed by atoms with Gasteiger partial charge in [-0.15, -0.1) is 11.3 Å². The monoisotopic (exact) mass is 371 g/mol. The normalized spacial score (nSPS) is 11.8. The molecule has 0 amide bonds. The second-order valence-corrected chi connectivity index (χ2v) is 8.07. The minimum atomic E-state index is -3.82. The van der Waals surface area contributed by atoms with Crippen molar-refractivity contribution >= 4 is 54.6 Å². The van der Waals surface area contributed by atoms with Crippen molar-refractivity contribution in [1.29, 1.82) is 0 Å². The van der Waals surface area contributed by atoms with Crippen LogP contribution in [0, 0.1) is 6.92 Å². The summed E-state index contributed by atoms with van der Waals surface area (Å²) in [6.45, 7) is 1.63. The number of nitrogens with one attached hydrogen (secondary N) is 1. The summed E-state index contributed by atoms with van der Waals surface area (Å²) in [4.78, 5) is 2.13. The van der Waals surface area contributed by atoms with E-state index in [1.165, 1.54) is 11.3 Å². The SMILES string of the molecule is Cc1noc(NS(=O)(=O)c2csc3c(N(C)C)cccc23)c1Cl. The molecular formula is C14H14ClN3O3S2. The molecule has 23 heavy (non-hydrogen) atoms. The Morgan fingerprint density at radius 2 is 2.09 bits per heavy atom. The van der Waals surface area contributed by atoms with Crippen LogP contribution >= 0.6 is 22.9 Å². The van der Waals surface area contributed by atoms with E-state index >= 15 is 0 Å². The first kappa shape index (κ1) is 16.1. The van der Waals surface area contributed by atoms with Crippen LogP contribution in [0.4, 0.5) is 11.6 Å². The van der Waals surface area contributed by atoms with E-state index in [1.54, 1.807) is 18.4 Å². The Balaban J connectivity index is 2.09. The molecule has 0 unspecified atom stereocenters. The number of rotatable bonds is 4. The number of hydrogen-bond acceptors (Lipinski definition) is 6. The van der Waals surface area contributed by atoms with Crippen LogP contribution in [-0.2, 0) is 10.0 Å². The maximum atomic E-state index is 12.7. The van der Waals surface area contributed by atoms with Gasteiger partial charge in [0.1, 0.15) is 15.6 Å². The minimum Gasteiger partial charge on any atom is -0.377 e. The number of hydrogen-bond donors (Lipinski definition) is 1. The molecule has 0 fully saturated rings. The van der Waals surface area contributed by atoms with Crippen LogP contribution in [0.2, 0.25) is 5.02 Å². The zero-order chi connectivity index (χ0) is 16.8. The van der Waals surface area contributed by atoms with Crippen LogP contribution in [0.25, 0.3) is 10.1 Å². The quantitative estimate of drug-likeness (QED) is 0.756. The molecule has 2 aromatic heterocycles. The van der Waals surface area contributed by atoms with E-state index in [4.69, 9.17) is 16.1 Å². The lowest BCUT2D eigenvalue weighted by Gasteiger charge is -2.13. The van der Waals surface area contributed by atoms with E-state index in [1.807, 2.05) is 31.1 Å². The summed E-state index contributed by atoms with van der Waals surface area (Å²) in [7, 11) is 0.00482. The van der Waals surface area contributed by atoms with Gasteiger partial charge in [0.05, 0.1) is 10.4 Å². The number of halogens is 1. The van der Waals surface area contributed by atoms with E-state index in [0.717, 1.165) is 10.4 Å². The molecule has 0 aliphatic carbocycles. The third-order valence-corrected chi connectivity index (χ3v) is 6.32. The highest BCUT2D eigenvalue weighted by Crippen LogP contribution is 2.37. The van der Waals surface area contributed by atoms with Gasteiger partial charge in [0.2, 0.25) is 0 Å². The Kier molecular flexibility index (Phi) is 3.99. The molecule has 3 rings (SSSR count). The van der Waals surface area contributed by atoms with E-state index in [2.05, 4.69) is 9.88 Å². The van der Waals surface area contributed by atoms with Crippen molar-refractivity contribution in [3.05, 3.63) is 34.3 Å². The van der Waals surface area contributed by atoms with Gasteiger partial charge in [-0.3, -0.25) is 0 Å². The second kappa shape index (κ2) is 5.70. The van der Waals surface area contributed by atoms with Crippen LogP contribution in [0.3, 0.4) is 0 Å². The highest BCUT2D eigenvalue weighted by molar-refractivity contribution is 7.93. The molecule has 0 atom stereocenters. The Morgan fingerprint density at radius 1 is 1.35 bits per heavy atom. The fourth-order valence-electron chi connectivity index (χ4n) is 2.18. The zero-order valence-electron chi connectivity index (χ0n) is 12.6. The summed E-state index contributed by atoms with van der Waals surface area (Å²) in [5.74, 6) is -0.0766. The fourth-order valence-corrected chi connectivity index (χ4v) is 5.05. The van der Waals surface area contributed by atoms with Gasteiger partial charge < -0.3 is 9.42 Å². The maximum Gasteiger partial charge on any atom is 0.265 e. The lowest BCUT2D eigenvalue weighted by molar-refractivity contribution is 0.430. The minimum absolute atomic E-state index is 0.0766. The van der Waals surface area contributed by atoms with E-state index < -0.39 is 10.0 Å². The van der Waals surface area contributed by atoms with Crippen LogP contribution in [0.5, 0.6) is 0 Å². The van der Waals surface area contributed by atoms with E-state index in [-0.39, 0.29) is 15.8 Å². The largest absolute Gasteiger partial charge is 0.377 e. The Labute approximate surface area is 142 Å². The van der Waals surface area contributed by atoms with Crippen molar-refractivity contribution in [2.24, 2.45) is 0 Å². The van der Waals surface area contributed by atoms with Crippen molar-refractivity contribution < 1.29 is 12.9 Å². The van der Waals surface area contributed by atoms with Gasteiger partial charge in [-0.2, -0.15) is 0 Å². The lowest BCUT2D eigenvalue weighted by atomic mass is 10.2. The molecule has 1 N–H and O–H groups in total. The van der Waals surface area contributed by atoms with E-state index in [9.17, 15) is 8.42 Å². The topological polar surface area (TPSA) is 75.4 Å². The first-order chi connectivity index (χ1) is 10.8. The average Bonchev–Trinajstić information content (AvgIpc) is 3.05. The maximum absolute atomic E-state index is 12.7. The number of fused-ring (bicyclic) bond motifs is 1. The summed E-state index contributed by atoms with van der Waals surface area (Å²) >= 11 is 7.35. The van der Waals surface area contributed by atoms with Crippen molar-refractivity contribution in [2.45, 2.75) is 11.8 Å². The number of nitrogens with zero attached hydrogens (tertiary/aromatic N) is 2. The Morgan fingerprint density at radius 3 is 2.70 bits per heavy atom. The summed E-state index contributed by atoms with van der Waals surface area (Å²) in [6.07, 6.45) is 0. The molecule has 0 bridgehead atoms. The summed E-state index contributed by atoms with van der Waals surface area (Å²) < 4.78 is 33.5. The first-order valence-electron chi connectivity index (χ1n) is 6.63. The Bertz CT molecular complexity index is 976. The van der Waals surface area contributed by atoms with Crippen LogP contribution in [0.1, 0.15) is 5.69 Å². The Hall–Kier alpha value is -1.77. The van der Waals surface area contributed by atoms with Gasteiger partial charge >= 0.3 is 0 Å². The molecule has 1 aromatic carbocycles. The van der Waals surface area contributed by atoms with Gasteiger partial charge in [-0.1, -0.05) is 28.9 Å². The molecule has 0 saturated heterocycles. The summed E-state index contributed by atoms with van der Waals surface area (Å²) in [5, 5.41) is 6.06. The van der Waals surface area contributed by atoms with Crippen molar-refractivity contribution in [3.63, 3.8) is 0 Å². The van der Waals surface area contributed by atoms with E-state index in [0.29, 0.717) is 11.1 Å². The number of aromatic nitrogens is 1. The number of aryl methyl sites for hydroxylation is 1. The molecule has 122 valence electrons. The summed E-state index contributed by atoms with van der Waals surface area (Å²) in [6, 6.07) is 5.55. The third-order valence-electron chi connectivity index (χ3n) is 3.33. The highest BCUT2D eigenvalue weighted by Gasteiger charge is 2.24. The molecular weight excluding hydrogens is 358 g/mol. The molecule has 0 saturated carbocycles. The molecule has 2 heterocycles. The lowest BCUT2D eigenvalue weighted by Crippen LogP contribution is -2.12. The van der Waals surface area contributed by atoms with Gasteiger partial charge in [-0.05, 0) is 13.0 Å². The smallest absolute Gasteiger partial charge is 0.265 e. The predicted octanol–water partition coefficient (Wildman–Crippen LogP) is 3.72. The van der Waals surface area contributed by atoms with Crippen LogP contribution in [-0.4, -0.2) is 27.7 Å². The molecule has 9 heteroatoms. The zero-order valence-corrected chi connectivity index (χ0v) is 15.0. The van der Waals surface area contributed by atoms with Gasteiger partial charge in [-0.25, -0.2) is 13.1 Å². The molecule has 6 nitrogen and oxygen atoms in total. The molecule has 0 aliphatic heterocycles. The van der Waals surface area contributed by atoms with Crippen molar-refractivity contribution in [2.75, 3.05) is 23.7 Å². The number of benzene rings is 1.